The molecule has 0 bridgehead atoms. The molecule has 1 heterocycles. The number of aryl methyl sites for hydroxylation is 1. The summed E-state index contributed by atoms with van der Waals surface area (Å²) in [4.78, 5) is 6.48. The van der Waals surface area contributed by atoms with Crippen LogP contribution in [0.1, 0.15) is 11.3 Å². The Morgan fingerprint density at radius 1 is 1.47 bits per heavy atom. The maximum atomic E-state index is 13.4. The van der Waals surface area contributed by atoms with E-state index in [1.807, 2.05) is 0 Å². The normalized spacial score (nSPS) is 11.7. The van der Waals surface area contributed by atoms with Crippen LogP contribution in [-0.4, -0.2) is 18.4 Å². The van der Waals surface area contributed by atoms with Crippen LogP contribution < -0.4 is 10.5 Å². The molecule has 0 saturated heterocycles. The Morgan fingerprint density at radius 3 is 2.79 bits per heavy atom. The molecule has 4 N–H and O–H groups in total. The first-order chi connectivity index (χ1) is 8.90. The van der Waals surface area contributed by atoms with E-state index in [1.165, 1.54) is 25.5 Å². The smallest absolute Gasteiger partial charge is 0.241 e. The third-order valence-corrected chi connectivity index (χ3v) is 3.95. The van der Waals surface area contributed by atoms with Crippen molar-refractivity contribution in [1.29, 1.82) is 0 Å². The number of benzene rings is 1. The maximum absolute atomic E-state index is 13.4. The molecule has 0 fully saturated rings. The molecular formula is C11H13FN4O2S. The molecule has 0 atom stereocenters. The molecule has 1 aromatic heterocycles. The summed E-state index contributed by atoms with van der Waals surface area (Å²) in [6, 6.07) is 2.33. The summed E-state index contributed by atoms with van der Waals surface area (Å²) in [6.07, 6.45) is 2.95. The van der Waals surface area contributed by atoms with E-state index in [2.05, 4.69) is 14.7 Å². The highest BCUT2D eigenvalue weighted by molar-refractivity contribution is 7.89. The molecule has 0 aliphatic heterocycles. The van der Waals surface area contributed by atoms with Crippen LogP contribution in [0.25, 0.3) is 0 Å². The van der Waals surface area contributed by atoms with Gasteiger partial charge in [-0.15, -0.1) is 0 Å². The molecule has 0 aliphatic rings. The second-order valence-electron chi connectivity index (χ2n) is 4.04. The van der Waals surface area contributed by atoms with Crippen molar-refractivity contribution in [2.24, 2.45) is 0 Å². The lowest BCUT2D eigenvalue weighted by atomic mass is 10.2. The van der Waals surface area contributed by atoms with Gasteiger partial charge in [0, 0.05) is 11.9 Å². The van der Waals surface area contributed by atoms with Crippen LogP contribution in [0.4, 0.5) is 10.1 Å². The number of anilines is 1. The Balaban J connectivity index is 2.24. The number of nitrogens with two attached hydrogens (primary N) is 1. The number of nitrogens with zero attached hydrogens (tertiary/aromatic N) is 1. The Kier molecular flexibility index (Phi) is 3.54. The van der Waals surface area contributed by atoms with E-state index >= 15 is 0 Å². The number of halogens is 1. The minimum atomic E-state index is -3.74. The van der Waals surface area contributed by atoms with E-state index in [0.717, 1.165) is 6.07 Å². The SMILES string of the molecule is Cc1cc(S(=O)(=O)NCc2cnc[nH]2)cc(N)c1F. The number of hydrogen-bond donors (Lipinski definition) is 3. The molecule has 0 saturated carbocycles. The van der Waals surface area contributed by atoms with Crippen molar-refractivity contribution in [2.75, 3.05) is 5.73 Å². The highest BCUT2D eigenvalue weighted by atomic mass is 32.2. The number of rotatable bonds is 4. The topological polar surface area (TPSA) is 101 Å². The molecule has 6 nitrogen and oxygen atoms in total. The lowest BCUT2D eigenvalue weighted by molar-refractivity contribution is 0.579. The average Bonchev–Trinajstić information content (AvgIpc) is 2.86. The number of sulfonamides is 1. The number of hydrogen-bond acceptors (Lipinski definition) is 4. The Bertz CT molecular complexity index is 660. The van der Waals surface area contributed by atoms with Gasteiger partial charge in [0.05, 0.1) is 23.5 Å². The summed E-state index contributed by atoms with van der Waals surface area (Å²) in [6.45, 7) is 1.53. The maximum Gasteiger partial charge on any atom is 0.241 e. The molecule has 19 heavy (non-hydrogen) atoms. The number of aromatic amines is 1. The molecule has 8 heteroatoms. The Labute approximate surface area is 109 Å². The van der Waals surface area contributed by atoms with Crippen LogP contribution in [0.2, 0.25) is 0 Å². The molecule has 0 aliphatic carbocycles. The largest absolute Gasteiger partial charge is 0.396 e. The van der Waals surface area contributed by atoms with E-state index in [4.69, 9.17) is 5.73 Å². The summed E-state index contributed by atoms with van der Waals surface area (Å²) in [5, 5.41) is 0. The van der Waals surface area contributed by atoms with Crippen LogP contribution in [0.15, 0.2) is 29.6 Å². The molecule has 2 aromatic rings. The second-order valence-corrected chi connectivity index (χ2v) is 5.81. The minimum absolute atomic E-state index is 0.0663. The van der Waals surface area contributed by atoms with Crippen molar-refractivity contribution < 1.29 is 12.8 Å². The summed E-state index contributed by atoms with van der Waals surface area (Å²) in [5.41, 5.74) is 6.04. The van der Waals surface area contributed by atoms with E-state index in [1.54, 1.807) is 0 Å². The first-order valence-electron chi connectivity index (χ1n) is 5.42. The van der Waals surface area contributed by atoms with Crippen molar-refractivity contribution in [3.05, 3.63) is 41.7 Å². The van der Waals surface area contributed by atoms with Crippen molar-refractivity contribution in [3.63, 3.8) is 0 Å². The predicted octanol–water partition coefficient (Wildman–Crippen LogP) is 0.918. The van der Waals surface area contributed by atoms with Gasteiger partial charge >= 0.3 is 0 Å². The van der Waals surface area contributed by atoms with Gasteiger partial charge in [-0.25, -0.2) is 22.5 Å². The molecule has 0 spiro atoms. The first kappa shape index (κ1) is 13.5. The fourth-order valence-corrected chi connectivity index (χ4v) is 2.68. The molecule has 0 radical (unpaired) electrons. The summed E-state index contributed by atoms with van der Waals surface area (Å²) < 4.78 is 39.8. The number of nitrogen functional groups attached to an aromatic ring is 1. The van der Waals surface area contributed by atoms with Crippen molar-refractivity contribution >= 4 is 15.7 Å². The van der Waals surface area contributed by atoms with Gasteiger partial charge in [-0.05, 0) is 24.6 Å². The third-order valence-electron chi connectivity index (χ3n) is 2.57. The molecule has 102 valence electrons. The predicted molar refractivity (Wildman–Crippen MR) is 68.2 cm³/mol. The van der Waals surface area contributed by atoms with Crippen LogP contribution >= 0.6 is 0 Å². The number of nitrogens with one attached hydrogen (secondary N) is 2. The van der Waals surface area contributed by atoms with Crippen LogP contribution in [0.5, 0.6) is 0 Å². The zero-order valence-electron chi connectivity index (χ0n) is 10.1. The van der Waals surface area contributed by atoms with E-state index < -0.39 is 15.8 Å². The van der Waals surface area contributed by atoms with Gasteiger partial charge in [0.1, 0.15) is 5.82 Å². The number of aromatic nitrogens is 2. The lowest BCUT2D eigenvalue weighted by Crippen LogP contribution is -2.23. The molecule has 0 amide bonds. The van der Waals surface area contributed by atoms with E-state index in [9.17, 15) is 12.8 Å². The second kappa shape index (κ2) is 4.98. The quantitative estimate of drug-likeness (QED) is 0.727. The summed E-state index contributed by atoms with van der Waals surface area (Å²) in [7, 11) is -3.74. The molecule has 0 unspecified atom stereocenters. The monoisotopic (exact) mass is 284 g/mol. The van der Waals surface area contributed by atoms with Gasteiger partial charge in [0.15, 0.2) is 0 Å². The van der Waals surface area contributed by atoms with Crippen molar-refractivity contribution in [2.45, 2.75) is 18.4 Å². The van der Waals surface area contributed by atoms with Gasteiger partial charge < -0.3 is 10.7 Å². The first-order valence-corrected chi connectivity index (χ1v) is 6.91. The van der Waals surface area contributed by atoms with Gasteiger partial charge in [-0.2, -0.15) is 0 Å². The highest BCUT2D eigenvalue weighted by Gasteiger charge is 2.17. The van der Waals surface area contributed by atoms with Gasteiger partial charge in [-0.3, -0.25) is 0 Å². The lowest BCUT2D eigenvalue weighted by Gasteiger charge is -2.08. The van der Waals surface area contributed by atoms with Crippen molar-refractivity contribution in [1.82, 2.24) is 14.7 Å². The fourth-order valence-electron chi connectivity index (χ4n) is 1.56. The van der Waals surface area contributed by atoms with Crippen LogP contribution in [-0.2, 0) is 16.6 Å². The van der Waals surface area contributed by atoms with E-state index in [-0.39, 0.29) is 22.7 Å². The summed E-state index contributed by atoms with van der Waals surface area (Å²) in [5.74, 6) is -0.604. The van der Waals surface area contributed by atoms with E-state index in [0.29, 0.717) is 5.69 Å². The zero-order chi connectivity index (χ0) is 14.0. The minimum Gasteiger partial charge on any atom is -0.396 e. The third kappa shape index (κ3) is 2.91. The van der Waals surface area contributed by atoms with Crippen LogP contribution in [0.3, 0.4) is 0 Å². The van der Waals surface area contributed by atoms with Crippen molar-refractivity contribution in [3.8, 4) is 0 Å². The Morgan fingerprint density at radius 2 is 2.21 bits per heavy atom. The zero-order valence-corrected chi connectivity index (χ0v) is 11.0. The number of H-pyrrole nitrogens is 1. The fraction of sp³-hybridized carbons (Fsp3) is 0.182. The Hall–Kier alpha value is -1.93. The summed E-state index contributed by atoms with van der Waals surface area (Å²) >= 11 is 0. The van der Waals surface area contributed by atoms with Crippen LogP contribution in [0, 0.1) is 12.7 Å². The standard InChI is InChI=1S/C11H13FN4O2S/c1-7-2-9(3-10(13)11(7)12)19(17,18)16-5-8-4-14-6-15-8/h2-4,6,16H,5,13H2,1H3,(H,14,15). The average molecular weight is 284 g/mol. The molecular weight excluding hydrogens is 271 g/mol. The molecule has 2 rings (SSSR count). The van der Waals surface area contributed by atoms with Gasteiger partial charge in [-0.1, -0.05) is 0 Å². The number of imidazole rings is 1. The van der Waals surface area contributed by atoms with Gasteiger partial charge in [0.25, 0.3) is 0 Å². The van der Waals surface area contributed by atoms with Gasteiger partial charge in [0.2, 0.25) is 10.0 Å². The highest BCUT2D eigenvalue weighted by Crippen LogP contribution is 2.20. The molecule has 1 aromatic carbocycles.